The zero-order valence-electron chi connectivity index (χ0n) is 13.1. The number of aliphatic carboxylic acids is 1. The maximum absolute atomic E-state index is 11.5. The van der Waals surface area contributed by atoms with Crippen LogP contribution in [-0.4, -0.2) is 59.6 Å². The van der Waals surface area contributed by atoms with E-state index in [1.807, 2.05) is 6.92 Å². The second-order valence-electron chi connectivity index (χ2n) is 6.55. The standard InChI is InChI=1S/C16H30N2O2/c1-3-9-17-10-5-14(6-11-17)18-12-7-16(4-2,8-13-18)15(19)20/h14H,3-13H2,1-2H3,(H,19,20). The van der Waals surface area contributed by atoms with Crippen molar-refractivity contribution in [3.05, 3.63) is 0 Å². The number of likely N-dealkylation sites (tertiary alicyclic amines) is 2. The summed E-state index contributed by atoms with van der Waals surface area (Å²) < 4.78 is 0. The predicted molar refractivity (Wildman–Crippen MR) is 80.9 cm³/mol. The smallest absolute Gasteiger partial charge is 0.309 e. The highest BCUT2D eigenvalue weighted by molar-refractivity contribution is 5.74. The van der Waals surface area contributed by atoms with E-state index in [0.29, 0.717) is 6.04 Å². The molecule has 0 unspecified atom stereocenters. The van der Waals surface area contributed by atoms with E-state index in [0.717, 1.165) is 32.4 Å². The Labute approximate surface area is 123 Å². The van der Waals surface area contributed by atoms with Crippen molar-refractivity contribution in [2.75, 3.05) is 32.7 Å². The molecule has 4 nitrogen and oxygen atoms in total. The van der Waals surface area contributed by atoms with Crippen molar-refractivity contribution >= 4 is 5.97 Å². The zero-order valence-corrected chi connectivity index (χ0v) is 13.1. The minimum Gasteiger partial charge on any atom is -0.481 e. The molecule has 2 aliphatic heterocycles. The summed E-state index contributed by atoms with van der Waals surface area (Å²) in [6.07, 6.45) is 6.18. The molecule has 0 aliphatic carbocycles. The normalized spacial score (nSPS) is 25.7. The molecule has 2 heterocycles. The Hall–Kier alpha value is -0.610. The number of carboxylic acids is 1. The SMILES string of the molecule is CCCN1CCC(N2CCC(CC)(C(=O)O)CC2)CC1. The summed E-state index contributed by atoms with van der Waals surface area (Å²) in [5.41, 5.74) is -0.445. The van der Waals surface area contributed by atoms with Crippen LogP contribution in [0.4, 0.5) is 0 Å². The number of carboxylic acid groups (broad SMARTS) is 1. The number of rotatable bonds is 5. The van der Waals surface area contributed by atoms with Gasteiger partial charge < -0.3 is 14.9 Å². The van der Waals surface area contributed by atoms with Gasteiger partial charge in [-0.1, -0.05) is 13.8 Å². The van der Waals surface area contributed by atoms with E-state index in [9.17, 15) is 9.90 Å². The van der Waals surface area contributed by atoms with Crippen LogP contribution in [0.5, 0.6) is 0 Å². The topological polar surface area (TPSA) is 43.8 Å². The summed E-state index contributed by atoms with van der Waals surface area (Å²) in [6.45, 7) is 9.86. The Morgan fingerprint density at radius 3 is 2.20 bits per heavy atom. The quantitative estimate of drug-likeness (QED) is 0.841. The summed E-state index contributed by atoms with van der Waals surface area (Å²) in [5, 5.41) is 9.45. The first-order chi connectivity index (χ1) is 9.61. The lowest BCUT2D eigenvalue weighted by Gasteiger charge is -2.44. The van der Waals surface area contributed by atoms with Crippen LogP contribution < -0.4 is 0 Å². The molecule has 0 atom stereocenters. The predicted octanol–water partition coefficient (Wildman–Crippen LogP) is 2.44. The molecule has 20 heavy (non-hydrogen) atoms. The molecule has 4 heteroatoms. The van der Waals surface area contributed by atoms with Gasteiger partial charge in [-0.25, -0.2) is 0 Å². The number of hydrogen-bond donors (Lipinski definition) is 1. The lowest BCUT2D eigenvalue weighted by molar-refractivity contribution is -0.152. The van der Waals surface area contributed by atoms with Gasteiger partial charge >= 0.3 is 5.97 Å². The Kier molecular flexibility index (Phi) is 5.44. The van der Waals surface area contributed by atoms with E-state index in [-0.39, 0.29) is 0 Å². The third-order valence-corrected chi connectivity index (χ3v) is 5.50. The lowest BCUT2D eigenvalue weighted by Crippen LogP contribution is -2.51. The molecule has 2 saturated heterocycles. The first-order valence-electron chi connectivity index (χ1n) is 8.31. The minimum atomic E-state index is -0.586. The van der Waals surface area contributed by atoms with E-state index in [1.165, 1.54) is 38.9 Å². The van der Waals surface area contributed by atoms with Crippen molar-refractivity contribution in [3.63, 3.8) is 0 Å². The molecule has 116 valence electrons. The third kappa shape index (κ3) is 3.34. The average Bonchev–Trinajstić information content (AvgIpc) is 2.48. The first kappa shape index (κ1) is 15.8. The van der Waals surface area contributed by atoms with Gasteiger partial charge in [0.1, 0.15) is 0 Å². The van der Waals surface area contributed by atoms with Crippen LogP contribution in [0.15, 0.2) is 0 Å². The van der Waals surface area contributed by atoms with Gasteiger partial charge in [0.25, 0.3) is 0 Å². The molecule has 2 fully saturated rings. The molecule has 2 rings (SSSR count). The second kappa shape index (κ2) is 6.90. The van der Waals surface area contributed by atoms with E-state index < -0.39 is 11.4 Å². The van der Waals surface area contributed by atoms with Crippen LogP contribution in [0.1, 0.15) is 52.4 Å². The van der Waals surface area contributed by atoms with Gasteiger partial charge in [-0.05, 0) is 71.2 Å². The molecular formula is C16H30N2O2. The fourth-order valence-electron chi connectivity index (χ4n) is 3.86. The van der Waals surface area contributed by atoms with Gasteiger partial charge in [0.05, 0.1) is 5.41 Å². The van der Waals surface area contributed by atoms with Gasteiger partial charge in [-0.3, -0.25) is 4.79 Å². The molecule has 0 radical (unpaired) electrons. The van der Waals surface area contributed by atoms with Gasteiger partial charge in [0, 0.05) is 6.04 Å². The highest BCUT2D eigenvalue weighted by Gasteiger charge is 2.41. The molecule has 2 aliphatic rings. The van der Waals surface area contributed by atoms with Crippen molar-refractivity contribution in [2.24, 2.45) is 5.41 Å². The van der Waals surface area contributed by atoms with Crippen LogP contribution in [0.25, 0.3) is 0 Å². The molecule has 0 aromatic heterocycles. The molecule has 0 aromatic carbocycles. The summed E-state index contributed by atoms with van der Waals surface area (Å²) in [4.78, 5) is 16.6. The van der Waals surface area contributed by atoms with Crippen LogP contribution in [0.3, 0.4) is 0 Å². The first-order valence-corrected chi connectivity index (χ1v) is 8.31. The van der Waals surface area contributed by atoms with Crippen LogP contribution in [0.2, 0.25) is 0 Å². The van der Waals surface area contributed by atoms with Gasteiger partial charge in [0.15, 0.2) is 0 Å². The Balaban J connectivity index is 1.81. The maximum Gasteiger partial charge on any atom is 0.309 e. The number of hydrogen-bond acceptors (Lipinski definition) is 3. The highest BCUT2D eigenvalue weighted by atomic mass is 16.4. The van der Waals surface area contributed by atoms with Crippen LogP contribution in [-0.2, 0) is 4.79 Å². The number of carbonyl (C=O) groups is 1. The number of piperidine rings is 2. The van der Waals surface area contributed by atoms with Gasteiger partial charge in [0.2, 0.25) is 0 Å². The monoisotopic (exact) mass is 282 g/mol. The average molecular weight is 282 g/mol. The van der Waals surface area contributed by atoms with Crippen LogP contribution >= 0.6 is 0 Å². The zero-order chi connectivity index (χ0) is 14.6. The highest BCUT2D eigenvalue weighted by Crippen LogP contribution is 2.36. The molecular weight excluding hydrogens is 252 g/mol. The van der Waals surface area contributed by atoms with Crippen molar-refractivity contribution in [3.8, 4) is 0 Å². The second-order valence-corrected chi connectivity index (χ2v) is 6.55. The van der Waals surface area contributed by atoms with Crippen molar-refractivity contribution in [1.82, 2.24) is 9.80 Å². The Bertz CT molecular complexity index is 316. The van der Waals surface area contributed by atoms with E-state index in [4.69, 9.17) is 0 Å². The molecule has 0 bridgehead atoms. The van der Waals surface area contributed by atoms with Crippen molar-refractivity contribution in [1.29, 1.82) is 0 Å². The van der Waals surface area contributed by atoms with E-state index in [1.54, 1.807) is 0 Å². The fraction of sp³-hybridized carbons (Fsp3) is 0.938. The van der Waals surface area contributed by atoms with Crippen molar-refractivity contribution < 1.29 is 9.90 Å². The molecule has 0 saturated carbocycles. The third-order valence-electron chi connectivity index (χ3n) is 5.50. The van der Waals surface area contributed by atoms with Crippen molar-refractivity contribution in [2.45, 2.75) is 58.4 Å². The largest absolute Gasteiger partial charge is 0.481 e. The summed E-state index contributed by atoms with van der Waals surface area (Å²) in [6, 6.07) is 0.687. The number of nitrogens with zero attached hydrogens (tertiary/aromatic N) is 2. The summed E-state index contributed by atoms with van der Waals surface area (Å²) in [5.74, 6) is -0.586. The van der Waals surface area contributed by atoms with Gasteiger partial charge in [-0.2, -0.15) is 0 Å². The van der Waals surface area contributed by atoms with E-state index >= 15 is 0 Å². The Morgan fingerprint density at radius 2 is 1.75 bits per heavy atom. The molecule has 0 amide bonds. The van der Waals surface area contributed by atoms with Crippen LogP contribution in [0, 0.1) is 5.41 Å². The molecule has 0 spiro atoms. The fourth-order valence-corrected chi connectivity index (χ4v) is 3.86. The lowest BCUT2D eigenvalue weighted by atomic mass is 9.76. The minimum absolute atomic E-state index is 0.445. The molecule has 1 N–H and O–H groups in total. The summed E-state index contributed by atoms with van der Waals surface area (Å²) >= 11 is 0. The van der Waals surface area contributed by atoms with E-state index in [2.05, 4.69) is 16.7 Å². The summed E-state index contributed by atoms with van der Waals surface area (Å²) in [7, 11) is 0. The molecule has 0 aromatic rings. The Morgan fingerprint density at radius 1 is 1.15 bits per heavy atom. The van der Waals surface area contributed by atoms with Gasteiger partial charge in [-0.15, -0.1) is 0 Å². The maximum atomic E-state index is 11.5.